The fourth-order valence-corrected chi connectivity index (χ4v) is 7.90. The van der Waals surface area contributed by atoms with Gasteiger partial charge in [-0.25, -0.2) is 0 Å². The van der Waals surface area contributed by atoms with E-state index in [0.717, 1.165) is 29.4 Å². The molecule has 7 atom stereocenters. The van der Waals surface area contributed by atoms with Crippen molar-refractivity contribution >= 4 is 0 Å². The fourth-order valence-electron chi connectivity index (χ4n) is 7.90. The lowest BCUT2D eigenvalue weighted by Gasteiger charge is -2.60. The third-order valence-corrected chi connectivity index (χ3v) is 9.03. The molecule has 4 fully saturated rings. The van der Waals surface area contributed by atoms with Crippen molar-refractivity contribution in [2.24, 2.45) is 46.2 Å². The van der Waals surface area contributed by atoms with Gasteiger partial charge in [0.2, 0.25) is 0 Å². The van der Waals surface area contributed by atoms with E-state index in [1.165, 1.54) is 64.2 Å². The molecule has 0 amide bonds. The second kappa shape index (κ2) is 5.02. The van der Waals surface area contributed by atoms with Gasteiger partial charge in [-0.2, -0.15) is 0 Å². The minimum Gasteiger partial charge on any atom is -0.402 e. The van der Waals surface area contributed by atoms with Crippen LogP contribution in [0.2, 0.25) is 0 Å². The number of allylic oxidation sites excluding steroid dienone is 1. The van der Waals surface area contributed by atoms with Crippen LogP contribution in [-0.2, 0) is 0 Å². The molecule has 0 aliphatic heterocycles. The molecule has 1 nitrogen and oxygen atoms in total. The van der Waals surface area contributed by atoms with Gasteiger partial charge in [-0.15, -0.1) is 0 Å². The molecule has 1 heteroatoms. The fraction of sp³-hybridized carbons (Fsp3) is 0.905. The topological polar surface area (TPSA) is 26.0 Å². The molecule has 0 heterocycles. The largest absolute Gasteiger partial charge is 0.402 e. The Morgan fingerprint density at radius 3 is 2.41 bits per heavy atom. The second-order valence-corrected chi connectivity index (χ2v) is 9.65. The summed E-state index contributed by atoms with van der Waals surface area (Å²) >= 11 is 0. The van der Waals surface area contributed by atoms with Gasteiger partial charge >= 0.3 is 0 Å². The molecule has 2 N–H and O–H groups in total. The Morgan fingerprint density at radius 1 is 0.864 bits per heavy atom. The van der Waals surface area contributed by atoms with Crippen molar-refractivity contribution in [1.29, 1.82) is 0 Å². The summed E-state index contributed by atoms with van der Waals surface area (Å²) in [6.07, 6.45) is 14.6. The lowest BCUT2D eigenvalue weighted by atomic mass is 9.45. The van der Waals surface area contributed by atoms with Crippen molar-refractivity contribution in [1.82, 2.24) is 0 Å². The van der Waals surface area contributed by atoms with Gasteiger partial charge in [0.15, 0.2) is 0 Å². The predicted octanol–water partition coefficient (Wildman–Crippen LogP) is 5.51. The summed E-state index contributed by atoms with van der Waals surface area (Å²) in [4.78, 5) is 0. The summed E-state index contributed by atoms with van der Waals surface area (Å²) in [6.45, 7) is 9.36. The Balaban J connectivity index is 1.63. The minimum absolute atomic E-state index is 0.463. The van der Waals surface area contributed by atoms with E-state index in [-0.39, 0.29) is 0 Å². The summed E-state index contributed by atoms with van der Waals surface area (Å²) in [5, 5.41) is 0. The van der Waals surface area contributed by atoms with Crippen molar-refractivity contribution < 1.29 is 0 Å². The van der Waals surface area contributed by atoms with Crippen LogP contribution < -0.4 is 5.73 Å². The van der Waals surface area contributed by atoms with Crippen LogP contribution >= 0.6 is 0 Å². The summed E-state index contributed by atoms with van der Waals surface area (Å²) in [5.41, 5.74) is 8.30. The highest BCUT2D eigenvalue weighted by molar-refractivity contribution is 5.14. The van der Waals surface area contributed by atoms with E-state index < -0.39 is 0 Å². The number of hydrogen-bond acceptors (Lipinski definition) is 1. The normalized spacial score (nSPS) is 54.2. The van der Waals surface area contributed by atoms with Crippen LogP contribution in [0.4, 0.5) is 0 Å². The molecule has 4 aliphatic carbocycles. The van der Waals surface area contributed by atoms with E-state index >= 15 is 0 Å². The molecule has 4 aliphatic rings. The average Bonchev–Trinajstić information content (AvgIpc) is 2.84. The van der Waals surface area contributed by atoms with Gasteiger partial charge < -0.3 is 5.73 Å². The monoisotopic (exact) mass is 301 g/mol. The minimum atomic E-state index is 0.463. The number of fused-ring (bicyclic) bond motifs is 5. The first-order valence-corrected chi connectivity index (χ1v) is 9.91. The zero-order valence-corrected chi connectivity index (χ0v) is 14.7. The number of hydrogen-bond donors (Lipinski definition) is 1. The lowest BCUT2D eigenvalue weighted by Crippen LogP contribution is -2.52. The zero-order chi connectivity index (χ0) is 15.5. The summed E-state index contributed by atoms with van der Waals surface area (Å²) in [7, 11) is 0. The highest BCUT2D eigenvalue weighted by atomic mass is 14.7. The molecule has 4 saturated carbocycles. The predicted molar refractivity (Wildman–Crippen MR) is 93.2 cm³/mol. The third-order valence-electron chi connectivity index (χ3n) is 9.03. The van der Waals surface area contributed by atoms with Crippen LogP contribution in [-0.4, -0.2) is 0 Å². The van der Waals surface area contributed by atoms with Gasteiger partial charge in [0.1, 0.15) is 0 Å². The number of rotatable bonds is 1. The maximum absolute atomic E-state index is 6.20. The van der Waals surface area contributed by atoms with Crippen molar-refractivity contribution in [2.75, 3.05) is 0 Å². The van der Waals surface area contributed by atoms with Gasteiger partial charge in [0.05, 0.1) is 0 Å². The zero-order valence-electron chi connectivity index (χ0n) is 14.7. The van der Waals surface area contributed by atoms with Crippen LogP contribution in [0, 0.1) is 40.4 Å². The Labute approximate surface area is 137 Å². The SMILES string of the molecule is C=C(N)[C@H]1CC[C@H]2[C@@H]3CCC4CCCC[C@]4(C)[C@H]3CC[C@]12C. The summed E-state index contributed by atoms with van der Waals surface area (Å²) in [6, 6.07) is 0. The molecule has 1 unspecified atom stereocenters. The molecule has 124 valence electrons. The van der Waals surface area contributed by atoms with Crippen molar-refractivity contribution in [3.63, 3.8) is 0 Å². The molecule has 0 aromatic rings. The number of nitrogens with two attached hydrogens (primary N) is 1. The standard InChI is InChI=1S/C21H35N/c1-14(22)17-9-10-18-16-8-7-15-6-4-5-12-20(15,2)19(16)11-13-21(17,18)3/h15-19H,1,4-13,22H2,2-3H3/t15?,16-,17+,18-,19-,20-,21+/m0/s1. The van der Waals surface area contributed by atoms with Crippen LogP contribution in [0.15, 0.2) is 12.3 Å². The molecule has 0 aromatic heterocycles. The highest BCUT2D eigenvalue weighted by Gasteiger charge is 2.59. The van der Waals surface area contributed by atoms with Crippen LogP contribution in [0.1, 0.15) is 78.1 Å². The molecule has 22 heavy (non-hydrogen) atoms. The Bertz CT molecular complexity index is 469. The smallest absolute Gasteiger partial charge is 0.00446 e. The van der Waals surface area contributed by atoms with Crippen molar-refractivity contribution in [3.05, 3.63) is 12.3 Å². The first-order valence-electron chi connectivity index (χ1n) is 9.91. The summed E-state index contributed by atoms with van der Waals surface area (Å²) in [5.74, 6) is 4.55. The molecular formula is C21H35N. The van der Waals surface area contributed by atoms with Crippen LogP contribution in [0.5, 0.6) is 0 Å². The van der Waals surface area contributed by atoms with Crippen molar-refractivity contribution in [3.8, 4) is 0 Å². The molecule has 0 aromatic carbocycles. The van der Waals surface area contributed by atoms with E-state index in [0.29, 0.717) is 16.7 Å². The Morgan fingerprint density at radius 2 is 1.64 bits per heavy atom. The molecule has 0 radical (unpaired) electrons. The quantitative estimate of drug-likeness (QED) is 0.679. The molecule has 4 rings (SSSR count). The van der Waals surface area contributed by atoms with Crippen LogP contribution in [0.25, 0.3) is 0 Å². The van der Waals surface area contributed by atoms with E-state index in [9.17, 15) is 0 Å². The average molecular weight is 302 g/mol. The second-order valence-electron chi connectivity index (χ2n) is 9.65. The van der Waals surface area contributed by atoms with Crippen molar-refractivity contribution in [2.45, 2.75) is 78.1 Å². The molecule has 0 saturated heterocycles. The molecule has 0 spiro atoms. The van der Waals surface area contributed by atoms with Gasteiger partial charge in [0.25, 0.3) is 0 Å². The third kappa shape index (κ3) is 1.89. The molecular weight excluding hydrogens is 266 g/mol. The van der Waals surface area contributed by atoms with Gasteiger partial charge in [0, 0.05) is 11.6 Å². The van der Waals surface area contributed by atoms with E-state index in [1.807, 2.05) is 0 Å². The first-order chi connectivity index (χ1) is 10.5. The van der Waals surface area contributed by atoms with E-state index in [1.54, 1.807) is 0 Å². The lowest BCUT2D eigenvalue weighted by molar-refractivity contribution is -0.108. The Kier molecular flexibility index (Phi) is 3.44. The van der Waals surface area contributed by atoms with Gasteiger partial charge in [-0.3, -0.25) is 0 Å². The van der Waals surface area contributed by atoms with Gasteiger partial charge in [-0.05, 0) is 85.9 Å². The first kappa shape index (κ1) is 15.1. The molecule has 0 bridgehead atoms. The summed E-state index contributed by atoms with van der Waals surface area (Å²) < 4.78 is 0. The maximum atomic E-state index is 6.20. The van der Waals surface area contributed by atoms with E-state index in [4.69, 9.17) is 5.73 Å². The van der Waals surface area contributed by atoms with Gasteiger partial charge in [-0.1, -0.05) is 33.3 Å². The van der Waals surface area contributed by atoms with Crippen LogP contribution in [0.3, 0.4) is 0 Å². The Hall–Kier alpha value is -0.460. The van der Waals surface area contributed by atoms with E-state index in [2.05, 4.69) is 20.4 Å². The highest BCUT2D eigenvalue weighted by Crippen LogP contribution is 2.67. The maximum Gasteiger partial charge on any atom is 0.00446 e.